The van der Waals surface area contributed by atoms with Crippen LogP contribution in [-0.2, 0) is 47.4 Å². The van der Waals surface area contributed by atoms with Crippen LogP contribution in [0.25, 0.3) is 0 Å². The Morgan fingerprint density at radius 2 is 1.64 bits per heavy atom. The number of primary amides is 1. The first kappa shape index (κ1) is 46.8. The molecule has 0 spiro atoms. The maximum Gasteiger partial charge on any atom is 0.405 e. The molecule has 0 radical (unpaired) electrons. The molecule has 306 valence electrons. The van der Waals surface area contributed by atoms with Crippen LogP contribution in [0.1, 0.15) is 115 Å². The summed E-state index contributed by atoms with van der Waals surface area (Å²) in [5, 5.41) is 0. The van der Waals surface area contributed by atoms with Crippen LogP contribution in [0.4, 0.5) is 4.79 Å². The van der Waals surface area contributed by atoms with Crippen molar-refractivity contribution < 1.29 is 52.2 Å². The first-order valence-electron chi connectivity index (χ1n) is 19.7. The summed E-state index contributed by atoms with van der Waals surface area (Å²) in [6.07, 6.45) is 8.36. The van der Waals surface area contributed by atoms with Gasteiger partial charge in [-0.2, -0.15) is 0 Å². The second kappa shape index (κ2) is 23.6. The molecule has 2 N–H and O–H groups in total. The third-order valence-electron chi connectivity index (χ3n) is 9.90. The molecule has 1 saturated heterocycles. The lowest BCUT2D eigenvalue weighted by Gasteiger charge is -2.39. The number of hydrogen-bond acceptors (Lipinski definition) is 11. The molecule has 2 rings (SSSR count). The van der Waals surface area contributed by atoms with Crippen LogP contribution in [0, 0.1) is 17.8 Å². The molecule has 1 amide bonds. The van der Waals surface area contributed by atoms with Gasteiger partial charge in [0, 0.05) is 31.7 Å². The van der Waals surface area contributed by atoms with E-state index in [2.05, 4.69) is 26.8 Å². The Morgan fingerprint density at radius 3 is 2.26 bits per heavy atom. The Bertz CT molecular complexity index is 1180. The maximum atomic E-state index is 13.5. The molecule has 1 fully saturated rings. The number of hydrogen-bond donors (Lipinski definition) is 1. The highest BCUT2D eigenvalue weighted by Gasteiger charge is 2.46. The van der Waals surface area contributed by atoms with Crippen molar-refractivity contribution >= 4 is 12.1 Å². The van der Waals surface area contributed by atoms with Gasteiger partial charge in [-0.25, -0.2) is 4.79 Å². The van der Waals surface area contributed by atoms with Gasteiger partial charge in [0.05, 0.1) is 30.8 Å². The number of amides is 1. The van der Waals surface area contributed by atoms with Gasteiger partial charge in [0.1, 0.15) is 11.7 Å². The number of esters is 1. The summed E-state index contributed by atoms with van der Waals surface area (Å²) < 4.78 is 53.6. The molecule has 2 aliphatic rings. The van der Waals surface area contributed by atoms with Gasteiger partial charge in [-0.1, -0.05) is 52.0 Å². The van der Waals surface area contributed by atoms with Gasteiger partial charge in [0.15, 0.2) is 25.0 Å². The van der Waals surface area contributed by atoms with E-state index in [-0.39, 0.29) is 54.7 Å². The van der Waals surface area contributed by atoms with E-state index >= 15 is 0 Å². The zero-order valence-corrected chi connectivity index (χ0v) is 34.5. The van der Waals surface area contributed by atoms with Crippen LogP contribution in [-0.4, -0.2) is 93.0 Å². The highest BCUT2D eigenvalue weighted by molar-refractivity contribution is 5.70. The molecular formula is C41H71NO11. The zero-order valence-electron chi connectivity index (χ0n) is 34.5. The van der Waals surface area contributed by atoms with Gasteiger partial charge < -0.3 is 48.4 Å². The van der Waals surface area contributed by atoms with Crippen molar-refractivity contribution in [2.45, 2.75) is 176 Å². The summed E-state index contributed by atoms with van der Waals surface area (Å²) in [6.45, 7) is 25.0. The average Bonchev–Trinajstić information content (AvgIpc) is 3.84. The number of carbonyl (C=O) groups is 2. The highest BCUT2D eigenvalue weighted by atomic mass is 16.7. The van der Waals surface area contributed by atoms with Crippen molar-refractivity contribution in [3.63, 3.8) is 0 Å². The number of nitrogens with two attached hydrogens (primary N) is 1. The number of epoxide rings is 1. The van der Waals surface area contributed by atoms with E-state index < -0.39 is 42.6 Å². The molecule has 0 aliphatic carbocycles. The van der Waals surface area contributed by atoms with Crippen molar-refractivity contribution in [1.29, 1.82) is 0 Å². The van der Waals surface area contributed by atoms with Crippen LogP contribution in [0.2, 0.25) is 0 Å². The summed E-state index contributed by atoms with van der Waals surface area (Å²) in [4.78, 5) is 25.7. The number of ether oxygens (including phenoxy) is 9. The van der Waals surface area contributed by atoms with Gasteiger partial charge in [-0.15, -0.1) is 0 Å². The predicted octanol–water partition coefficient (Wildman–Crippen LogP) is 7.77. The lowest BCUT2D eigenvalue weighted by molar-refractivity contribution is -0.224. The lowest BCUT2D eigenvalue weighted by Crippen LogP contribution is -2.48. The van der Waals surface area contributed by atoms with E-state index in [0.29, 0.717) is 32.7 Å². The van der Waals surface area contributed by atoms with E-state index in [1.54, 1.807) is 19.9 Å². The normalized spacial score (nSPS) is 30.7. The fourth-order valence-corrected chi connectivity index (χ4v) is 7.06. The molecule has 0 aromatic carbocycles. The number of carbonyl (C=O) groups excluding carboxylic acids is 2. The van der Waals surface area contributed by atoms with Gasteiger partial charge >= 0.3 is 12.1 Å². The average molecular weight is 754 g/mol. The topological polar surface area (TPSA) is 147 Å². The first-order valence-corrected chi connectivity index (χ1v) is 19.7. The van der Waals surface area contributed by atoms with Crippen molar-refractivity contribution in [2.75, 3.05) is 19.8 Å². The van der Waals surface area contributed by atoms with E-state index in [1.807, 2.05) is 66.7 Å². The van der Waals surface area contributed by atoms with Crippen LogP contribution in [0.15, 0.2) is 36.0 Å². The Labute approximate surface area is 319 Å². The Hall–Kier alpha value is -2.32. The molecule has 13 unspecified atom stereocenters. The zero-order chi connectivity index (χ0) is 39.7. The van der Waals surface area contributed by atoms with E-state index in [9.17, 15) is 9.59 Å². The van der Waals surface area contributed by atoms with E-state index in [1.165, 1.54) is 0 Å². The maximum absolute atomic E-state index is 13.5. The third kappa shape index (κ3) is 16.5. The van der Waals surface area contributed by atoms with Crippen LogP contribution in [0.5, 0.6) is 0 Å². The molecule has 2 heterocycles. The minimum Gasteiger partial charge on any atom is -0.457 e. The molecule has 12 nitrogen and oxygen atoms in total. The van der Waals surface area contributed by atoms with Crippen molar-refractivity contribution in [3.8, 4) is 0 Å². The fraction of sp³-hybridized carbons (Fsp3) is 0.805. The standard InChI is InChI=1S/C41H71NO11/c1-13-34(49-31(10)46-15-3)29(8)39-35(50-39)24-26(5)18-17-19-27(6)38-28(7)20-21-36(51-40(42)44)41(12,53-32(11)47-16-4)23-22-33(25-37(43)52-38)48-30(9)45-14-2/h17-21,26,28-36,38-39H,13-16,22-25H2,1-12H3,(H2,42,44). The minimum absolute atomic E-state index is 0.00160. The summed E-state index contributed by atoms with van der Waals surface area (Å²) in [5.41, 5.74) is 5.35. The second-order valence-electron chi connectivity index (χ2n) is 14.6. The van der Waals surface area contributed by atoms with Gasteiger partial charge in [-0.3, -0.25) is 4.79 Å². The summed E-state index contributed by atoms with van der Waals surface area (Å²) in [5.74, 6) is -0.166. The number of cyclic esters (lactones) is 1. The molecule has 0 aromatic heterocycles. The van der Waals surface area contributed by atoms with Gasteiger partial charge in [0.25, 0.3) is 0 Å². The molecule has 2 aliphatic heterocycles. The van der Waals surface area contributed by atoms with Crippen LogP contribution in [0.3, 0.4) is 0 Å². The lowest BCUT2D eigenvalue weighted by atomic mass is 9.88. The third-order valence-corrected chi connectivity index (χ3v) is 9.90. The molecule has 53 heavy (non-hydrogen) atoms. The number of rotatable bonds is 21. The molecule has 13 atom stereocenters. The molecule has 0 saturated carbocycles. The van der Waals surface area contributed by atoms with Crippen molar-refractivity contribution in [3.05, 3.63) is 36.0 Å². The SMILES string of the molecule is CCOC(C)OC1CCC(C)(OC(C)OCC)C(OC(N)=O)C=CC(C)C(C(C)=CC=CC(C)CC2OC2C(C)C(CC)OC(C)OCC)OC(=O)C1. The number of allylic oxidation sites excluding steroid dienone is 3. The Morgan fingerprint density at radius 1 is 1.00 bits per heavy atom. The predicted molar refractivity (Wildman–Crippen MR) is 204 cm³/mol. The summed E-state index contributed by atoms with van der Waals surface area (Å²) in [6, 6.07) is 0. The molecule has 0 bridgehead atoms. The monoisotopic (exact) mass is 754 g/mol. The minimum atomic E-state index is -1.06. The largest absolute Gasteiger partial charge is 0.457 e. The molecular weight excluding hydrogens is 682 g/mol. The smallest absolute Gasteiger partial charge is 0.405 e. The van der Waals surface area contributed by atoms with Gasteiger partial charge in [-0.05, 0) is 98.6 Å². The van der Waals surface area contributed by atoms with E-state index in [4.69, 9.17) is 48.4 Å². The van der Waals surface area contributed by atoms with Crippen LogP contribution >= 0.6 is 0 Å². The summed E-state index contributed by atoms with van der Waals surface area (Å²) >= 11 is 0. The fourth-order valence-electron chi connectivity index (χ4n) is 7.06. The van der Waals surface area contributed by atoms with Crippen molar-refractivity contribution in [2.24, 2.45) is 23.5 Å². The Kier molecular flexibility index (Phi) is 20.8. The van der Waals surface area contributed by atoms with E-state index in [0.717, 1.165) is 18.4 Å². The summed E-state index contributed by atoms with van der Waals surface area (Å²) in [7, 11) is 0. The molecule has 0 aromatic rings. The van der Waals surface area contributed by atoms with Gasteiger partial charge in [0.2, 0.25) is 0 Å². The van der Waals surface area contributed by atoms with Crippen LogP contribution < -0.4 is 5.73 Å². The Balaban J connectivity index is 2.28. The quantitative estimate of drug-likeness (QED) is 0.0403. The molecule has 12 heteroatoms. The van der Waals surface area contributed by atoms with Crippen molar-refractivity contribution in [1.82, 2.24) is 0 Å². The first-order chi connectivity index (χ1) is 25.1. The highest BCUT2D eigenvalue weighted by Crippen LogP contribution is 2.38. The second-order valence-corrected chi connectivity index (χ2v) is 14.6.